The summed E-state index contributed by atoms with van der Waals surface area (Å²) in [6.45, 7) is 1.35. The number of rotatable bonds is 3. The van der Waals surface area contributed by atoms with Gasteiger partial charge in [-0.25, -0.2) is 5.10 Å². The minimum absolute atomic E-state index is 0.149. The quantitative estimate of drug-likeness (QED) is 0.744. The van der Waals surface area contributed by atoms with Crippen molar-refractivity contribution in [3.8, 4) is 0 Å². The standard InChI is InChI=1S/C13H13N7O2S/c1-7(21)15-10-9(23-13-16-12(14)17-18-13)11(22)20(19-10)8-5-3-2-4-6-8/h2-6,9H,1H3,(H,15,19,21)(H3,14,16,17,18)/t9-/m1/s1. The molecule has 2 heterocycles. The van der Waals surface area contributed by atoms with Crippen molar-refractivity contribution in [3.05, 3.63) is 30.3 Å². The van der Waals surface area contributed by atoms with Crippen LogP contribution in [-0.4, -0.2) is 38.1 Å². The van der Waals surface area contributed by atoms with E-state index in [2.05, 4.69) is 25.6 Å². The van der Waals surface area contributed by atoms with Crippen LogP contribution in [0.25, 0.3) is 0 Å². The lowest BCUT2D eigenvalue weighted by atomic mass is 10.3. The first-order valence-corrected chi connectivity index (χ1v) is 7.52. The van der Waals surface area contributed by atoms with Crippen LogP contribution in [0.5, 0.6) is 0 Å². The molecule has 2 amide bonds. The molecule has 0 spiro atoms. The van der Waals surface area contributed by atoms with Crippen molar-refractivity contribution in [2.45, 2.75) is 17.3 Å². The smallest absolute Gasteiger partial charge is 0.268 e. The van der Waals surface area contributed by atoms with E-state index < -0.39 is 5.25 Å². The second kappa shape index (κ2) is 6.08. The van der Waals surface area contributed by atoms with Crippen molar-refractivity contribution in [3.63, 3.8) is 0 Å². The highest BCUT2D eigenvalue weighted by atomic mass is 32.2. The monoisotopic (exact) mass is 331 g/mol. The molecule has 9 nitrogen and oxygen atoms in total. The number of thioether (sulfide) groups is 1. The second-order valence-electron chi connectivity index (χ2n) is 4.65. The molecular weight excluding hydrogens is 318 g/mol. The number of hydrogen-bond acceptors (Lipinski definition) is 7. The van der Waals surface area contributed by atoms with Crippen molar-refractivity contribution < 1.29 is 9.59 Å². The first-order valence-electron chi connectivity index (χ1n) is 6.64. The summed E-state index contributed by atoms with van der Waals surface area (Å²) in [6.07, 6.45) is 0. The zero-order valence-electron chi connectivity index (χ0n) is 12.1. The van der Waals surface area contributed by atoms with Gasteiger partial charge in [0.05, 0.1) is 5.69 Å². The highest BCUT2D eigenvalue weighted by molar-refractivity contribution is 8.01. The summed E-state index contributed by atoms with van der Waals surface area (Å²) >= 11 is 1.06. The number of nitrogen functional groups attached to an aromatic ring is 1. The molecule has 1 aliphatic rings. The van der Waals surface area contributed by atoms with Gasteiger partial charge in [0.25, 0.3) is 5.91 Å². The molecule has 1 aliphatic heterocycles. The van der Waals surface area contributed by atoms with Gasteiger partial charge in [-0.15, -0.1) is 10.2 Å². The Balaban J connectivity index is 1.89. The lowest BCUT2D eigenvalue weighted by Crippen LogP contribution is -2.37. The van der Waals surface area contributed by atoms with Crippen LogP contribution in [0.15, 0.2) is 40.6 Å². The summed E-state index contributed by atoms with van der Waals surface area (Å²) in [5, 5.41) is 14.0. The van der Waals surface area contributed by atoms with Gasteiger partial charge in [0.1, 0.15) is 0 Å². The Morgan fingerprint density at radius 2 is 2.13 bits per heavy atom. The fourth-order valence-electron chi connectivity index (χ4n) is 1.99. The van der Waals surface area contributed by atoms with Crippen LogP contribution in [0.4, 0.5) is 11.6 Å². The number of benzene rings is 1. The summed E-state index contributed by atoms with van der Waals surface area (Å²) in [7, 11) is 0. The SMILES string of the molecule is CC(=O)NC1=NN(c2ccccc2)C(=O)[C@@H]1Sc1n[nH]c(N)n1. The van der Waals surface area contributed by atoms with Gasteiger partial charge in [0.2, 0.25) is 17.0 Å². The van der Waals surface area contributed by atoms with Crippen molar-refractivity contribution >= 4 is 41.0 Å². The molecule has 10 heteroatoms. The number of amides is 2. The topological polar surface area (TPSA) is 129 Å². The highest BCUT2D eigenvalue weighted by Crippen LogP contribution is 2.29. The number of aromatic nitrogens is 3. The summed E-state index contributed by atoms with van der Waals surface area (Å²) in [4.78, 5) is 28.0. The number of carbonyl (C=O) groups is 2. The molecule has 0 bridgehead atoms. The Morgan fingerprint density at radius 1 is 1.39 bits per heavy atom. The normalized spacial score (nSPS) is 17.3. The Morgan fingerprint density at radius 3 is 2.74 bits per heavy atom. The summed E-state index contributed by atoms with van der Waals surface area (Å²) in [5.41, 5.74) is 6.09. The van der Waals surface area contributed by atoms with E-state index in [9.17, 15) is 9.59 Å². The molecule has 118 valence electrons. The van der Waals surface area contributed by atoms with Crippen LogP contribution in [-0.2, 0) is 9.59 Å². The maximum atomic E-state index is 12.7. The van der Waals surface area contributed by atoms with Crippen LogP contribution in [0.1, 0.15) is 6.92 Å². The van der Waals surface area contributed by atoms with Gasteiger partial charge in [-0.2, -0.15) is 9.99 Å². The van der Waals surface area contributed by atoms with E-state index in [-0.39, 0.29) is 23.6 Å². The fourth-order valence-corrected chi connectivity index (χ4v) is 2.86. The van der Waals surface area contributed by atoms with Gasteiger partial charge in [-0.05, 0) is 12.1 Å². The summed E-state index contributed by atoms with van der Waals surface area (Å²) in [5.74, 6) is -0.226. The number of anilines is 2. The molecule has 1 aromatic carbocycles. The van der Waals surface area contributed by atoms with Crippen molar-refractivity contribution in [2.24, 2.45) is 5.10 Å². The Kier molecular flexibility index (Phi) is 3.98. The van der Waals surface area contributed by atoms with Crippen molar-refractivity contribution in [2.75, 3.05) is 10.7 Å². The summed E-state index contributed by atoms with van der Waals surface area (Å²) < 4.78 is 0. The average Bonchev–Trinajstić information content (AvgIpc) is 3.06. The first-order chi connectivity index (χ1) is 11.0. The lowest BCUT2D eigenvalue weighted by Gasteiger charge is -2.12. The van der Waals surface area contributed by atoms with Crippen LogP contribution in [0.3, 0.4) is 0 Å². The Bertz CT molecular complexity index is 774. The number of para-hydroxylation sites is 1. The van der Waals surface area contributed by atoms with Crippen molar-refractivity contribution in [1.29, 1.82) is 0 Å². The molecule has 0 aliphatic carbocycles. The molecule has 1 aromatic heterocycles. The predicted molar refractivity (Wildman–Crippen MR) is 85.6 cm³/mol. The summed E-state index contributed by atoms with van der Waals surface area (Å²) in [6, 6.07) is 8.94. The van der Waals surface area contributed by atoms with E-state index >= 15 is 0 Å². The van der Waals surface area contributed by atoms with E-state index in [0.717, 1.165) is 11.8 Å². The molecule has 3 rings (SSSR count). The van der Waals surface area contributed by atoms with Gasteiger partial charge in [0, 0.05) is 6.92 Å². The van der Waals surface area contributed by atoms with Gasteiger partial charge >= 0.3 is 0 Å². The molecular formula is C13H13N7O2S. The third kappa shape index (κ3) is 3.16. The Labute approximate surface area is 135 Å². The zero-order chi connectivity index (χ0) is 16.4. The molecule has 1 atom stereocenters. The number of nitrogens with zero attached hydrogens (tertiary/aromatic N) is 4. The molecule has 0 radical (unpaired) electrons. The number of hydrazone groups is 1. The molecule has 23 heavy (non-hydrogen) atoms. The zero-order valence-corrected chi connectivity index (χ0v) is 12.9. The predicted octanol–water partition coefficient (Wildman–Crippen LogP) is 0.344. The van der Waals surface area contributed by atoms with E-state index in [4.69, 9.17) is 5.73 Å². The highest BCUT2D eigenvalue weighted by Gasteiger charge is 2.39. The fraction of sp³-hybridized carbons (Fsp3) is 0.154. The molecule has 0 fully saturated rings. The van der Waals surface area contributed by atoms with Gasteiger partial charge < -0.3 is 11.1 Å². The van der Waals surface area contributed by atoms with E-state index in [1.807, 2.05) is 6.07 Å². The number of amidine groups is 1. The molecule has 0 saturated heterocycles. The number of nitrogens with one attached hydrogen (secondary N) is 2. The minimum Gasteiger partial charge on any atom is -0.368 e. The number of carbonyl (C=O) groups excluding carboxylic acids is 2. The van der Waals surface area contributed by atoms with Crippen molar-refractivity contribution in [1.82, 2.24) is 20.5 Å². The third-order valence-corrected chi connectivity index (χ3v) is 3.95. The largest absolute Gasteiger partial charge is 0.368 e. The number of hydrogen-bond donors (Lipinski definition) is 3. The molecule has 2 aromatic rings. The minimum atomic E-state index is -0.755. The number of nitrogens with two attached hydrogens (primary N) is 1. The first kappa shape index (κ1) is 15.0. The van der Waals surface area contributed by atoms with Crippen LogP contribution >= 0.6 is 11.8 Å². The average molecular weight is 331 g/mol. The number of aromatic amines is 1. The van der Waals surface area contributed by atoms with E-state index in [0.29, 0.717) is 10.8 Å². The maximum Gasteiger partial charge on any atom is 0.268 e. The van der Waals surface area contributed by atoms with Crippen LogP contribution < -0.4 is 16.1 Å². The van der Waals surface area contributed by atoms with Crippen LogP contribution in [0.2, 0.25) is 0 Å². The van der Waals surface area contributed by atoms with Gasteiger partial charge in [-0.1, -0.05) is 30.0 Å². The van der Waals surface area contributed by atoms with E-state index in [1.54, 1.807) is 24.3 Å². The van der Waals surface area contributed by atoms with Gasteiger partial charge in [-0.3, -0.25) is 9.59 Å². The lowest BCUT2D eigenvalue weighted by molar-refractivity contribution is -0.117. The van der Waals surface area contributed by atoms with Crippen LogP contribution in [0, 0.1) is 0 Å². The second-order valence-corrected chi connectivity index (χ2v) is 5.73. The van der Waals surface area contributed by atoms with Gasteiger partial charge in [0.15, 0.2) is 11.1 Å². The third-order valence-electron chi connectivity index (χ3n) is 2.90. The number of H-pyrrole nitrogens is 1. The van der Waals surface area contributed by atoms with E-state index in [1.165, 1.54) is 11.9 Å². The molecule has 0 unspecified atom stereocenters. The Hall–Kier alpha value is -2.88. The molecule has 0 saturated carbocycles. The molecule has 4 N–H and O–H groups in total. The maximum absolute atomic E-state index is 12.7.